The van der Waals surface area contributed by atoms with Crippen LogP contribution in [0.1, 0.15) is 31.4 Å². The van der Waals surface area contributed by atoms with E-state index in [9.17, 15) is 0 Å². The maximum absolute atomic E-state index is 5.70. The van der Waals surface area contributed by atoms with E-state index in [4.69, 9.17) is 5.73 Å². The zero-order chi connectivity index (χ0) is 11.9. The molecule has 2 rings (SSSR count). The lowest BCUT2D eigenvalue weighted by atomic mass is 10.3. The molecule has 0 aliphatic heterocycles. The Balaban J connectivity index is 2.60. The molecule has 0 saturated heterocycles. The van der Waals surface area contributed by atoms with Gasteiger partial charge in [0.1, 0.15) is 5.82 Å². The van der Waals surface area contributed by atoms with Gasteiger partial charge in [-0.1, -0.05) is 11.3 Å². The highest BCUT2D eigenvalue weighted by Gasteiger charge is 2.18. The fourth-order valence-electron chi connectivity index (χ4n) is 1.77. The highest BCUT2D eigenvalue weighted by atomic mass is 32.1. The smallest absolute Gasteiger partial charge is 0.180 e. The first-order valence-corrected chi connectivity index (χ1v) is 5.97. The first kappa shape index (κ1) is 11.1. The summed E-state index contributed by atoms with van der Waals surface area (Å²) in [6.45, 7) is 8.12. The number of rotatable bonds is 2. The Morgan fingerprint density at radius 2 is 1.94 bits per heavy atom. The van der Waals surface area contributed by atoms with E-state index < -0.39 is 0 Å². The molecule has 2 aromatic heterocycles. The molecule has 0 aliphatic carbocycles. The summed E-state index contributed by atoms with van der Waals surface area (Å²) in [5.74, 6) is 1.77. The third-order valence-electron chi connectivity index (χ3n) is 2.40. The zero-order valence-corrected chi connectivity index (χ0v) is 10.7. The Morgan fingerprint density at radius 1 is 1.25 bits per heavy atom. The predicted octanol–water partition coefficient (Wildman–Crippen LogP) is 2.18. The molecule has 0 aliphatic rings. The quantitative estimate of drug-likeness (QED) is 0.869. The molecule has 0 aromatic carbocycles. The van der Waals surface area contributed by atoms with Gasteiger partial charge in [0.25, 0.3) is 0 Å². The molecule has 2 heterocycles. The lowest BCUT2D eigenvalue weighted by Gasteiger charge is -2.11. The molecule has 0 bridgehead atoms. The van der Waals surface area contributed by atoms with Crippen molar-refractivity contribution in [3.63, 3.8) is 0 Å². The second-order valence-corrected chi connectivity index (χ2v) is 5.03. The number of nitrogen functional groups attached to an aromatic ring is 1. The van der Waals surface area contributed by atoms with Crippen LogP contribution in [0.2, 0.25) is 0 Å². The molecule has 2 aromatic rings. The maximum atomic E-state index is 5.70. The average molecular weight is 237 g/mol. The number of thiazole rings is 1. The summed E-state index contributed by atoms with van der Waals surface area (Å²) in [6.07, 6.45) is 0. The Bertz CT molecular complexity index is 511. The molecule has 2 N–H and O–H groups in total. The van der Waals surface area contributed by atoms with Gasteiger partial charge in [0, 0.05) is 6.04 Å². The van der Waals surface area contributed by atoms with Gasteiger partial charge >= 0.3 is 0 Å². The van der Waals surface area contributed by atoms with Gasteiger partial charge in [0.15, 0.2) is 11.0 Å². The van der Waals surface area contributed by atoms with Crippen molar-refractivity contribution in [2.45, 2.75) is 33.7 Å². The van der Waals surface area contributed by atoms with E-state index in [2.05, 4.69) is 33.6 Å². The monoisotopic (exact) mass is 237 g/mol. The van der Waals surface area contributed by atoms with Crippen LogP contribution in [-0.4, -0.2) is 19.7 Å². The Hall–Kier alpha value is -1.43. The van der Waals surface area contributed by atoms with Crippen molar-refractivity contribution >= 4 is 16.5 Å². The SMILES string of the molecule is Cc1nc(N)sc1-c1nnc(C)n1C(C)C. The second-order valence-electron chi connectivity index (χ2n) is 4.00. The van der Waals surface area contributed by atoms with Crippen LogP contribution in [0.4, 0.5) is 5.13 Å². The third kappa shape index (κ3) is 1.69. The summed E-state index contributed by atoms with van der Waals surface area (Å²) in [5.41, 5.74) is 6.61. The van der Waals surface area contributed by atoms with E-state index in [-0.39, 0.29) is 0 Å². The molecular formula is C10H15N5S. The number of nitrogens with zero attached hydrogens (tertiary/aromatic N) is 4. The van der Waals surface area contributed by atoms with Gasteiger partial charge < -0.3 is 10.3 Å². The van der Waals surface area contributed by atoms with Crippen molar-refractivity contribution in [2.24, 2.45) is 0 Å². The van der Waals surface area contributed by atoms with Crippen molar-refractivity contribution in [2.75, 3.05) is 5.73 Å². The van der Waals surface area contributed by atoms with Crippen LogP contribution in [0.25, 0.3) is 10.7 Å². The fraction of sp³-hybridized carbons (Fsp3) is 0.500. The highest BCUT2D eigenvalue weighted by molar-refractivity contribution is 7.18. The van der Waals surface area contributed by atoms with E-state index in [1.165, 1.54) is 11.3 Å². The highest BCUT2D eigenvalue weighted by Crippen LogP contribution is 2.31. The number of nitrogens with two attached hydrogens (primary N) is 1. The standard InChI is InChI=1S/C10H15N5S/c1-5(2)15-7(4)13-14-9(15)8-6(3)12-10(11)16-8/h5H,1-4H3,(H2,11,12). The summed E-state index contributed by atoms with van der Waals surface area (Å²) in [5, 5.41) is 8.90. The van der Waals surface area contributed by atoms with Gasteiger partial charge in [-0.2, -0.15) is 0 Å². The van der Waals surface area contributed by atoms with Crippen molar-refractivity contribution in [3.05, 3.63) is 11.5 Å². The van der Waals surface area contributed by atoms with E-state index >= 15 is 0 Å². The minimum absolute atomic E-state index is 0.327. The van der Waals surface area contributed by atoms with E-state index in [1.807, 2.05) is 13.8 Å². The number of hydrogen-bond donors (Lipinski definition) is 1. The second kappa shape index (κ2) is 3.86. The molecule has 0 radical (unpaired) electrons. The molecule has 0 unspecified atom stereocenters. The molecule has 86 valence electrons. The predicted molar refractivity (Wildman–Crippen MR) is 65.4 cm³/mol. The van der Waals surface area contributed by atoms with Crippen molar-refractivity contribution in [1.29, 1.82) is 0 Å². The summed E-state index contributed by atoms with van der Waals surface area (Å²) in [4.78, 5) is 5.22. The Kier molecular flexibility index (Phi) is 2.67. The van der Waals surface area contributed by atoms with E-state index in [1.54, 1.807) is 0 Å². The largest absolute Gasteiger partial charge is 0.375 e. The molecule has 5 nitrogen and oxygen atoms in total. The first-order chi connectivity index (χ1) is 7.50. The molecule has 0 fully saturated rings. The number of aromatic nitrogens is 4. The van der Waals surface area contributed by atoms with Crippen LogP contribution in [0.15, 0.2) is 0 Å². The zero-order valence-electron chi connectivity index (χ0n) is 9.85. The molecule has 0 atom stereocenters. The fourth-order valence-corrected chi connectivity index (χ4v) is 2.58. The van der Waals surface area contributed by atoms with E-state index in [0.717, 1.165) is 22.2 Å². The minimum Gasteiger partial charge on any atom is -0.375 e. The van der Waals surface area contributed by atoms with Crippen molar-refractivity contribution < 1.29 is 0 Å². The number of aryl methyl sites for hydroxylation is 2. The van der Waals surface area contributed by atoms with E-state index in [0.29, 0.717) is 11.2 Å². The lowest BCUT2D eigenvalue weighted by molar-refractivity contribution is 0.588. The summed E-state index contributed by atoms with van der Waals surface area (Å²) in [6, 6.07) is 0.327. The van der Waals surface area contributed by atoms with Crippen molar-refractivity contribution in [1.82, 2.24) is 19.7 Å². The maximum Gasteiger partial charge on any atom is 0.180 e. The van der Waals surface area contributed by atoms with Crippen LogP contribution >= 0.6 is 11.3 Å². The third-order valence-corrected chi connectivity index (χ3v) is 3.38. The number of anilines is 1. The topological polar surface area (TPSA) is 69.6 Å². The van der Waals surface area contributed by atoms with Gasteiger partial charge in [0.05, 0.1) is 10.6 Å². The van der Waals surface area contributed by atoms with Crippen LogP contribution in [0.3, 0.4) is 0 Å². The Labute approximate surface area is 98.3 Å². The van der Waals surface area contributed by atoms with Gasteiger partial charge in [-0.3, -0.25) is 0 Å². The van der Waals surface area contributed by atoms with Gasteiger partial charge in [0.2, 0.25) is 0 Å². The average Bonchev–Trinajstić information content (AvgIpc) is 2.69. The molecular weight excluding hydrogens is 222 g/mol. The molecule has 0 saturated carbocycles. The van der Waals surface area contributed by atoms with Crippen LogP contribution in [0.5, 0.6) is 0 Å². The van der Waals surface area contributed by atoms with Gasteiger partial charge in [-0.15, -0.1) is 10.2 Å². The lowest BCUT2D eigenvalue weighted by Crippen LogP contribution is -2.05. The van der Waals surface area contributed by atoms with Gasteiger partial charge in [-0.25, -0.2) is 4.98 Å². The van der Waals surface area contributed by atoms with Crippen LogP contribution < -0.4 is 5.73 Å². The van der Waals surface area contributed by atoms with Gasteiger partial charge in [-0.05, 0) is 27.7 Å². The van der Waals surface area contributed by atoms with Crippen LogP contribution in [0, 0.1) is 13.8 Å². The normalized spacial score (nSPS) is 11.3. The molecule has 0 amide bonds. The molecule has 6 heteroatoms. The van der Waals surface area contributed by atoms with Crippen molar-refractivity contribution in [3.8, 4) is 10.7 Å². The summed E-state index contributed by atoms with van der Waals surface area (Å²) < 4.78 is 2.10. The number of hydrogen-bond acceptors (Lipinski definition) is 5. The minimum atomic E-state index is 0.327. The summed E-state index contributed by atoms with van der Waals surface area (Å²) >= 11 is 1.46. The summed E-state index contributed by atoms with van der Waals surface area (Å²) in [7, 11) is 0. The van der Waals surface area contributed by atoms with Crippen LogP contribution in [-0.2, 0) is 0 Å². The first-order valence-electron chi connectivity index (χ1n) is 5.15. The Morgan fingerprint density at radius 3 is 2.44 bits per heavy atom. The molecule has 16 heavy (non-hydrogen) atoms. The molecule has 0 spiro atoms.